The molecule has 0 saturated carbocycles. The third-order valence-corrected chi connectivity index (χ3v) is 5.78. The molecule has 1 N–H and O–H groups in total. The molecule has 0 unspecified atom stereocenters. The number of nitrogens with zero attached hydrogens (tertiary/aromatic N) is 2. The third-order valence-electron chi connectivity index (χ3n) is 5.78. The van der Waals surface area contributed by atoms with Crippen molar-refractivity contribution in [3.8, 4) is 0 Å². The smallest absolute Gasteiger partial charge is 0.322 e. The summed E-state index contributed by atoms with van der Waals surface area (Å²) in [6.45, 7) is 7.67. The highest BCUT2D eigenvalue weighted by molar-refractivity contribution is 5.95. The second kappa shape index (κ2) is 8.48. The molecule has 30 heavy (non-hydrogen) atoms. The minimum Gasteiger partial charge on any atom is -0.372 e. The van der Waals surface area contributed by atoms with Crippen LogP contribution in [-0.2, 0) is 17.7 Å². The molecule has 3 atom stereocenters. The number of amides is 3. The van der Waals surface area contributed by atoms with E-state index in [1.165, 1.54) is 5.56 Å². The van der Waals surface area contributed by atoms with Gasteiger partial charge in [-0.1, -0.05) is 30.3 Å². The van der Waals surface area contributed by atoms with E-state index in [1.807, 2.05) is 66.1 Å². The van der Waals surface area contributed by atoms with E-state index in [2.05, 4.69) is 18.3 Å². The number of carbonyl (C=O) groups excluding carboxylic acids is 2. The Bertz CT molecular complexity index is 918. The van der Waals surface area contributed by atoms with Crippen molar-refractivity contribution >= 4 is 17.6 Å². The van der Waals surface area contributed by atoms with Crippen LogP contribution in [0.2, 0.25) is 0 Å². The zero-order chi connectivity index (χ0) is 21.3. The van der Waals surface area contributed by atoms with Crippen molar-refractivity contribution in [2.45, 2.75) is 52.0 Å². The summed E-state index contributed by atoms with van der Waals surface area (Å²) >= 11 is 0. The summed E-state index contributed by atoms with van der Waals surface area (Å²) in [5, 5.41) is 3.01. The van der Waals surface area contributed by atoms with Gasteiger partial charge in [0.25, 0.3) is 5.91 Å². The number of morpholine rings is 1. The zero-order valence-corrected chi connectivity index (χ0v) is 17.8. The first-order valence-corrected chi connectivity index (χ1v) is 10.6. The molecular formula is C24H29N3O3. The molecule has 2 aromatic rings. The lowest BCUT2D eigenvalue weighted by molar-refractivity contribution is -0.0586. The molecular weight excluding hydrogens is 378 g/mol. The molecule has 2 heterocycles. The summed E-state index contributed by atoms with van der Waals surface area (Å²) in [5.41, 5.74) is 3.81. The van der Waals surface area contributed by atoms with E-state index in [-0.39, 0.29) is 30.2 Å². The van der Waals surface area contributed by atoms with Gasteiger partial charge in [-0.2, -0.15) is 0 Å². The first kappa shape index (κ1) is 20.4. The molecule has 6 heteroatoms. The van der Waals surface area contributed by atoms with Crippen LogP contribution in [0, 0.1) is 0 Å². The Morgan fingerprint density at radius 2 is 1.67 bits per heavy atom. The lowest BCUT2D eigenvalue weighted by Crippen LogP contribution is -2.48. The fraction of sp³-hybridized carbons (Fsp3) is 0.417. The lowest BCUT2D eigenvalue weighted by Gasteiger charge is -2.35. The van der Waals surface area contributed by atoms with Crippen LogP contribution in [0.1, 0.15) is 42.3 Å². The lowest BCUT2D eigenvalue weighted by atomic mass is 10.1. The van der Waals surface area contributed by atoms with Crippen LogP contribution >= 0.6 is 0 Å². The molecule has 2 aromatic carbocycles. The number of para-hydroxylation sites is 1. The van der Waals surface area contributed by atoms with E-state index in [0.717, 1.165) is 17.7 Å². The van der Waals surface area contributed by atoms with E-state index in [4.69, 9.17) is 4.74 Å². The van der Waals surface area contributed by atoms with Crippen molar-refractivity contribution in [2.75, 3.05) is 18.0 Å². The molecule has 158 valence electrons. The predicted molar refractivity (Wildman–Crippen MR) is 117 cm³/mol. The van der Waals surface area contributed by atoms with Gasteiger partial charge in [0.1, 0.15) is 0 Å². The largest absolute Gasteiger partial charge is 0.372 e. The van der Waals surface area contributed by atoms with Crippen molar-refractivity contribution in [2.24, 2.45) is 0 Å². The van der Waals surface area contributed by atoms with E-state index < -0.39 is 0 Å². The minimum atomic E-state index is -0.0936. The molecule has 3 amide bonds. The number of rotatable bonds is 3. The quantitative estimate of drug-likeness (QED) is 0.846. The number of hydrogen-bond donors (Lipinski definition) is 1. The second-order valence-electron chi connectivity index (χ2n) is 8.37. The highest BCUT2D eigenvalue weighted by Crippen LogP contribution is 2.31. The second-order valence-corrected chi connectivity index (χ2v) is 8.37. The molecule has 6 nitrogen and oxygen atoms in total. The highest BCUT2D eigenvalue weighted by Gasteiger charge is 2.30. The first-order valence-electron chi connectivity index (χ1n) is 10.6. The van der Waals surface area contributed by atoms with Crippen molar-refractivity contribution < 1.29 is 14.3 Å². The summed E-state index contributed by atoms with van der Waals surface area (Å²) in [6, 6.07) is 15.6. The van der Waals surface area contributed by atoms with Crippen LogP contribution in [0.5, 0.6) is 0 Å². The summed E-state index contributed by atoms with van der Waals surface area (Å²) < 4.78 is 5.71. The molecule has 2 aliphatic rings. The number of benzene rings is 2. The van der Waals surface area contributed by atoms with Crippen LogP contribution in [0.15, 0.2) is 48.5 Å². The maximum atomic E-state index is 12.8. The topological polar surface area (TPSA) is 61.9 Å². The van der Waals surface area contributed by atoms with Crippen LogP contribution in [0.3, 0.4) is 0 Å². The Labute approximate surface area is 177 Å². The molecule has 0 radical (unpaired) electrons. The fourth-order valence-corrected chi connectivity index (χ4v) is 4.43. The Hall–Kier alpha value is -2.86. The van der Waals surface area contributed by atoms with E-state index in [9.17, 15) is 9.59 Å². The van der Waals surface area contributed by atoms with Gasteiger partial charge in [0.2, 0.25) is 0 Å². The number of ether oxygens (including phenoxy) is 1. The average molecular weight is 408 g/mol. The normalized spacial score (nSPS) is 23.2. The van der Waals surface area contributed by atoms with Crippen LogP contribution in [0.25, 0.3) is 0 Å². The number of carbonyl (C=O) groups is 2. The predicted octanol–water partition coefficient (Wildman–Crippen LogP) is 3.60. The monoisotopic (exact) mass is 407 g/mol. The van der Waals surface area contributed by atoms with Crippen molar-refractivity contribution in [3.63, 3.8) is 0 Å². The molecule has 0 bridgehead atoms. The van der Waals surface area contributed by atoms with E-state index in [1.54, 1.807) is 0 Å². The van der Waals surface area contributed by atoms with Gasteiger partial charge in [-0.3, -0.25) is 9.69 Å². The van der Waals surface area contributed by atoms with Gasteiger partial charge < -0.3 is 15.0 Å². The highest BCUT2D eigenvalue weighted by atomic mass is 16.5. The molecule has 0 aliphatic carbocycles. The zero-order valence-electron chi connectivity index (χ0n) is 17.8. The first-order chi connectivity index (χ1) is 14.4. The van der Waals surface area contributed by atoms with Gasteiger partial charge in [0, 0.05) is 36.9 Å². The Morgan fingerprint density at radius 1 is 1.00 bits per heavy atom. The van der Waals surface area contributed by atoms with E-state index in [0.29, 0.717) is 25.2 Å². The van der Waals surface area contributed by atoms with Crippen LogP contribution in [-0.4, -0.2) is 48.2 Å². The fourth-order valence-electron chi connectivity index (χ4n) is 4.43. The molecule has 4 rings (SSSR count). The summed E-state index contributed by atoms with van der Waals surface area (Å²) in [6.07, 6.45) is 0.967. The number of urea groups is 1. The van der Waals surface area contributed by atoms with Crippen molar-refractivity contribution in [1.29, 1.82) is 0 Å². The van der Waals surface area contributed by atoms with Gasteiger partial charge in [0.15, 0.2) is 0 Å². The van der Waals surface area contributed by atoms with Crippen LogP contribution in [0.4, 0.5) is 10.5 Å². The SMILES string of the molecule is C[C@@H]1CN(C(=O)c2ccc(CNC(=O)N3c4ccccc4C[C@H]3C)cc2)C[C@@H](C)O1. The summed E-state index contributed by atoms with van der Waals surface area (Å²) in [4.78, 5) is 29.2. The number of fused-ring (bicyclic) bond motifs is 1. The maximum Gasteiger partial charge on any atom is 0.322 e. The van der Waals surface area contributed by atoms with Gasteiger partial charge in [-0.05, 0) is 56.5 Å². The molecule has 1 fully saturated rings. The summed E-state index contributed by atoms with van der Waals surface area (Å²) in [5.74, 6) is 0.0232. The van der Waals surface area contributed by atoms with Gasteiger partial charge in [-0.15, -0.1) is 0 Å². The Kier molecular flexibility index (Phi) is 5.77. The van der Waals surface area contributed by atoms with Crippen LogP contribution < -0.4 is 10.2 Å². The standard InChI is InChI=1S/C24H29N3O3/c1-16-12-21-6-4-5-7-22(21)27(16)24(29)25-13-19-8-10-20(11-9-19)23(28)26-14-17(2)30-18(3)15-26/h4-11,16-18H,12-15H2,1-3H3,(H,25,29)/t16-,17-,18-/m1/s1. The number of nitrogens with one attached hydrogen (secondary N) is 1. The molecule has 0 spiro atoms. The third kappa shape index (κ3) is 4.19. The summed E-state index contributed by atoms with van der Waals surface area (Å²) in [7, 11) is 0. The Balaban J connectivity index is 1.36. The van der Waals surface area contributed by atoms with Crippen molar-refractivity contribution in [1.82, 2.24) is 10.2 Å². The van der Waals surface area contributed by atoms with E-state index >= 15 is 0 Å². The molecule has 2 aliphatic heterocycles. The minimum absolute atomic E-state index is 0.0232. The van der Waals surface area contributed by atoms with Gasteiger partial charge >= 0.3 is 6.03 Å². The Morgan fingerprint density at radius 3 is 2.37 bits per heavy atom. The van der Waals surface area contributed by atoms with Gasteiger partial charge in [-0.25, -0.2) is 4.79 Å². The van der Waals surface area contributed by atoms with Gasteiger partial charge in [0.05, 0.1) is 12.2 Å². The molecule has 1 saturated heterocycles. The number of hydrogen-bond acceptors (Lipinski definition) is 3. The number of anilines is 1. The maximum absolute atomic E-state index is 12.8. The van der Waals surface area contributed by atoms with Crippen molar-refractivity contribution in [3.05, 3.63) is 65.2 Å². The average Bonchev–Trinajstić information content (AvgIpc) is 3.07. The molecule has 0 aromatic heterocycles.